The molecule has 0 unspecified atom stereocenters. The van der Waals surface area contributed by atoms with Gasteiger partial charge in [0.05, 0.1) is 5.57 Å². The third-order valence-electron chi connectivity index (χ3n) is 7.74. The summed E-state index contributed by atoms with van der Waals surface area (Å²) in [6.07, 6.45) is 8.85. The summed E-state index contributed by atoms with van der Waals surface area (Å²) < 4.78 is 5.85. The second-order valence-electron chi connectivity index (χ2n) is 10.0. The molecule has 2 heterocycles. The number of hydrogen-bond donors (Lipinski definition) is 1. The number of hydrogen-bond acceptors (Lipinski definition) is 5. The smallest absolute Gasteiger partial charge is 0.335 e. The fraction of sp³-hybridized carbons (Fsp3) is 0.630. The van der Waals surface area contributed by atoms with Gasteiger partial charge in [-0.25, -0.2) is 4.79 Å². The van der Waals surface area contributed by atoms with Crippen LogP contribution in [-0.2, 0) is 20.9 Å². The molecule has 0 atom stereocenters. The van der Waals surface area contributed by atoms with Gasteiger partial charge in [0.2, 0.25) is 0 Å². The lowest BCUT2D eigenvalue weighted by Crippen LogP contribution is -2.48. The van der Waals surface area contributed by atoms with Crippen molar-refractivity contribution in [2.24, 2.45) is 0 Å². The summed E-state index contributed by atoms with van der Waals surface area (Å²) in [4.78, 5) is 30.4. The van der Waals surface area contributed by atoms with Crippen molar-refractivity contribution in [2.45, 2.75) is 76.5 Å². The van der Waals surface area contributed by atoms with E-state index in [1.54, 1.807) is 6.92 Å². The third kappa shape index (κ3) is 5.67. The van der Waals surface area contributed by atoms with Crippen molar-refractivity contribution in [3.8, 4) is 0 Å². The van der Waals surface area contributed by atoms with Crippen molar-refractivity contribution >= 4 is 11.9 Å². The Kier molecular flexibility index (Phi) is 7.86. The Balaban J connectivity index is 1.29. The summed E-state index contributed by atoms with van der Waals surface area (Å²) in [6.45, 7) is 5.83. The van der Waals surface area contributed by atoms with E-state index < -0.39 is 5.60 Å². The van der Waals surface area contributed by atoms with Crippen LogP contribution < -0.4 is 5.32 Å². The van der Waals surface area contributed by atoms with E-state index in [0.717, 1.165) is 32.6 Å². The summed E-state index contributed by atoms with van der Waals surface area (Å²) in [5.74, 6) is -0.469. The highest BCUT2D eigenvalue weighted by atomic mass is 16.6. The van der Waals surface area contributed by atoms with Crippen LogP contribution in [0, 0.1) is 0 Å². The van der Waals surface area contributed by atoms with Gasteiger partial charge in [-0.2, -0.15) is 0 Å². The first-order valence-corrected chi connectivity index (χ1v) is 12.7. The second-order valence-corrected chi connectivity index (χ2v) is 10.0. The predicted molar refractivity (Wildman–Crippen MR) is 130 cm³/mol. The SMILES string of the molecule is CC1=C(C(=O)NCCCN(C)C2CCCCC2)C2(CCN(Cc3ccccc3)CC2)OC1=O. The van der Waals surface area contributed by atoms with E-state index in [4.69, 9.17) is 4.74 Å². The Morgan fingerprint density at radius 3 is 2.55 bits per heavy atom. The van der Waals surface area contributed by atoms with Crippen molar-refractivity contribution in [1.82, 2.24) is 15.1 Å². The average Bonchev–Trinajstić information content (AvgIpc) is 3.08. The number of likely N-dealkylation sites (tertiary alicyclic amines) is 1. The summed E-state index contributed by atoms with van der Waals surface area (Å²) in [6, 6.07) is 11.1. The molecule has 1 aliphatic carbocycles. The molecule has 0 bridgehead atoms. The number of ether oxygens (including phenoxy) is 1. The maximum atomic E-state index is 13.2. The number of piperidine rings is 1. The number of nitrogens with zero attached hydrogens (tertiary/aromatic N) is 2. The molecule has 1 saturated carbocycles. The zero-order chi connectivity index (χ0) is 23.3. The second kappa shape index (κ2) is 10.8. The number of rotatable bonds is 8. The third-order valence-corrected chi connectivity index (χ3v) is 7.74. The molecule has 0 radical (unpaired) electrons. The Labute approximate surface area is 198 Å². The Morgan fingerprint density at radius 1 is 1.15 bits per heavy atom. The van der Waals surface area contributed by atoms with Gasteiger partial charge < -0.3 is 15.0 Å². The molecule has 2 aliphatic heterocycles. The molecule has 0 aromatic heterocycles. The van der Waals surface area contributed by atoms with Gasteiger partial charge in [-0.05, 0) is 45.3 Å². The molecule has 1 aromatic rings. The summed E-state index contributed by atoms with van der Waals surface area (Å²) >= 11 is 0. The molecule has 6 heteroatoms. The molecule has 6 nitrogen and oxygen atoms in total. The number of benzene rings is 1. The first kappa shape index (κ1) is 24.0. The van der Waals surface area contributed by atoms with E-state index in [9.17, 15) is 9.59 Å². The first-order valence-electron chi connectivity index (χ1n) is 12.7. The standard InChI is InChI=1S/C27H39N3O3/c1-21-24(25(31)28-16-9-17-29(2)23-12-7-4-8-13-23)27(33-26(21)32)14-18-30(19-15-27)20-22-10-5-3-6-11-22/h3,5-6,10-11,23H,4,7-9,12-20H2,1-2H3,(H,28,31). The predicted octanol–water partition coefficient (Wildman–Crippen LogP) is 3.67. The Hall–Kier alpha value is -2.18. The lowest BCUT2D eigenvalue weighted by molar-refractivity contribution is -0.151. The minimum Gasteiger partial charge on any atom is -0.450 e. The van der Waals surface area contributed by atoms with E-state index in [2.05, 4.69) is 46.4 Å². The lowest BCUT2D eigenvalue weighted by atomic mass is 9.82. The molecule has 3 aliphatic rings. The average molecular weight is 454 g/mol. The Bertz CT molecular complexity index is 853. The van der Waals surface area contributed by atoms with Crippen molar-refractivity contribution < 1.29 is 14.3 Å². The fourth-order valence-electron chi connectivity index (χ4n) is 5.72. The number of nitrogens with one attached hydrogen (secondary N) is 1. The molecule has 1 spiro atoms. The zero-order valence-corrected chi connectivity index (χ0v) is 20.3. The lowest BCUT2D eigenvalue weighted by Gasteiger charge is -2.39. The van der Waals surface area contributed by atoms with Gasteiger partial charge in [-0.1, -0.05) is 49.6 Å². The van der Waals surface area contributed by atoms with Crippen molar-refractivity contribution in [2.75, 3.05) is 33.2 Å². The van der Waals surface area contributed by atoms with E-state index in [0.29, 0.717) is 36.6 Å². The van der Waals surface area contributed by atoms with Crippen LogP contribution >= 0.6 is 0 Å². The van der Waals surface area contributed by atoms with E-state index in [-0.39, 0.29) is 11.9 Å². The van der Waals surface area contributed by atoms with Gasteiger partial charge in [0.15, 0.2) is 0 Å². The van der Waals surface area contributed by atoms with Crippen LogP contribution in [-0.4, -0.2) is 66.5 Å². The van der Waals surface area contributed by atoms with Crippen LogP contribution in [0.3, 0.4) is 0 Å². The minimum absolute atomic E-state index is 0.129. The normalized spacial score (nSPS) is 21.6. The Morgan fingerprint density at radius 2 is 1.85 bits per heavy atom. The van der Waals surface area contributed by atoms with E-state index in [1.807, 2.05) is 6.07 Å². The van der Waals surface area contributed by atoms with Crippen LogP contribution in [0.5, 0.6) is 0 Å². The van der Waals surface area contributed by atoms with E-state index >= 15 is 0 Å². The van der Waals surface area contributed by atoms with Gasteiger partial charge in [0, 0.05) is 50.6 Å². The van der Waals surface area contributed by atoms with Crippen LogP contribution in [0.1, 0.15) is 63.9 Å². The molecule has 2 fully saturated rings. The van der Waals surface area contributed by atoms with E-state index in [1.165, 1.54) is 37.7 Å². The van der Waals surface area contributed by atoms with Crippen molar-refractivity contribution in [3.05, 3.63) is 47.0 Å². The molecule has 180 valence electrons. The fourth-order valence-corrected chi connectivity index (χ4v) is 5.72. The number of carbonyl (C=O) groups excluding carboxylic acids is 2. The zero-order valence-electron chi connectivity index (χ0n) is 20.3. The summed E-state index contributed by atoms with van der Waals surface area (Å²) in [7, 11) is 2.20. The largest absolute Gasteiger partial charge is 0.450 e. The van der Waals surface area contributed by atoms with Gasteiger partial charge in [0.25, 0.3) is 5.91 Å². The summed E-state index contributed by atoms with van der Waals surface area (Å²) in [5.41, 5.74) is 1.55. The molecule has 1 N–H and O–H groups in total. The highest BCUT2D eigenvalue weighted by Crippen LogP contribution is 2.41. The van der Waals surface area contributed by atoms with Crippen LogP contribution in [0.15, 0.2) is 41.5 Å². The molecule has 1 amide bonds. The summed E-state index contributed by atoms with van der Waals surface area (Å²) in [5, 5.41) is 3.09. The van der Waals surface area contributed by atoms with Crippen LogP contribution in [0.2, 0.25) is 0 Å². The number of carbonyl (C=O) groups is 2. The topological polar surface area (TPSA) is 61.9 Å². The quantitative estimate of drug-likeness (QED) is 0.481. The van der Waals surface area contributed by atoms with Crippen LogP contribution in [0.25, 0.3) is 0 Å². The van der Waals surface area contributed by atoms with Crippen molar-refractivity contribution in [3.63, 3.8) is 0 Å². The molecule has 33 heavy (non-hydrogen) atoms. The highest BCUT2D eigenvalue weighted by molar-refractivity contribution is 6.07. The number of esters is 1. The monoisotopic (exact) mass is 453 g/mol. The van der Waals surface area contributed by atoms with Crippen LogP contribution in [0.4, 0.5) is 0 Å². The van der Waals surface area contributed by atoms with Gasteiger partial charge in [-0.3, -0.25) is 9.69 Å². The molecular formula is C27H39N3O3. The van der Waals surface area contributed by atoms with Gasteiger partial charge in [-0.15, -0.1) is 0 Å². The van der Waals surface area contributed by atoms with Crippen molar-refractivity contribution in [1.29, 1.82) is 0 Å². The first-order chi connectivity index (χ1) is 16.0. The van der Waals surface area contributed by atoms with Gasteiger partial charge in [0.1, 0.15) is 5.60 Å². The molecule has 1 aromatic carbocycles. The number of amides is 1. The maximum Gasteiger partial charge on any atom is 0.335 e. The highest BCUT2D eigenvalue weighted by Gasteiger charge is 2.50. The molecule has 1 saturated heterocycles. The molecular weight excluding hydrogens is 414 g/mol. The van der Waals surface area contributed by atoms with Gasteiger partial charge >= 0.3 is 5.97 Å². The molecule has 4 rings (SSSR count). The maximum absolute atomic E-state index is 13.2. The minimum atomic E-state index is -0.767.